The fourth-order valence-corrected chi connectivity index (χ4v) is 2.02. The number of hydrogen-bond acceptors (Lipinski definition) is 2. The minimum Gasteiger partial charge on any atom is -0.347 e. The SMILES string of the molecule is CCC(NC(=O)C(C)c1ccccc1)c1ncc[nH]1. The largest absolute Gasteiger partial charge is 0.347 e. The summed E-state index contributed by atoms with van der Waals surface area (Å²) >= 11 is 0. The van der Waals surface area contributed by atoms with Gasteiger partial charge in [-0.1, -0.05) is 37.3 Å². The predicted molar refractivity (Wildman–Crippen MR) is 74.6 cm³/mol. The van der Waals surface area contributed by atoms with Crippen molar-refractivity contribution in [3.8, 4) is 0 Å². The zero-order valence-electron chi connectivity index (χ0n) is 11.3. The third-order valence-electron chi connectivity index (χ3n) is 3.27. The molecule has 100 valence electrons. The molecule has 1 aromatic heterocycles. The lowest BCUT2D eigenvalue weighted by molar-refractivity contribution is -0.123. The molecular weight excluding hydrogens is 238 g/mol. The van der Waals surface area contributed by atoms with E-state index in [2.05, 4.69) is 15.3 Å². The van der Waals surface area contributed by atoms with Gasteiger partial charge in [-0.2, -0.15) is 0 Å². The molecule has 0 aliphatic rings. The molecule has 2 N–H and O–H groups in total. The van der Waals surface area contributed by atoms with Crippen molar-refractivity contribution in [1.29, 1.82) is 0 Å². The fourth-order valence-electron chi connectivity index (χ4n) is 2.02. The molecule has 0 spiro atoms. The number of nitrogens with one attached hydrogen (secondary N) is 2. The van der Waals surface area contributed by atoms with Gasteiger partial charge >= 0.3 is 0 Å². The van der Waals surface area contributed by atoms with E-state index in [-0.39, 0.29) is 17.9 Å². The normalized spacial score (nSPS) is 13.8. The van der Waals surface area contributed by atoms with E-state index in [1.54, 1.807) is 12.4 Å². The Hall–Kier alpha value is -2.10. The zero-order valence-corrected chi connectivity index (χ0v) is 11.3. The highest BCUT2D eigenvalue weighted by Gasteiger charge is 2.20. The Labute approximate surface area is 113 Å². The van der Waals surface area contributed by atoms with Crippen LogP contribution in [0.1, 0.15) is 43.6 Å². The molecule has 0 aliphatic heterocycles. The summed E-state index contributed by atoms with van der Waals surface area (Å²) in [5.41, 5.74) is 1.02. The lowest BCUT2D eigenvalue weighted by Gasteiger charge is -2.18. The second kappa shape index (κ2) is 6.18. The molecule has 19 heavy (non-hydrogen) atoms. The molecule has 0 bridgehead atoms. The number of aromatic nitrogens is 2. The van der Waals surface area contributed by atoms with Crippen molar-refractivity contribution in [3.63, 3.8) is 0 Å². The molecule has 0 fully saturated rings. The monoisotopic (exact) mass is 257 g/mol. The number of amides is 1. The molecule has 4 heteroatoms. The molecule has 2 aromatic rings. The second-order valence-electron chi connectivity index (χ2n) is 4.58. The number of H-pyrrole nitrogens is 1. The summed E-state index contributed by atoms with van der Waals surface area (Å²) in [4.78, 5) is 19.5. The van der Waals surface area contributed by atoms with E-state index in [4.69, 9.17) is 0 Å². The number of nitrogens with zero attached hydrogens (tertiary/aromatic N) is 1. The van der Waals surface area contributed by atoms with Crippen molar-refractivity contribution >= 4 is 5.91 Å². The van der Waals surface area contributed by atoms with Gasteiger partial charge in [-0.25, -0.2) is 4.98 Å². The summed E-state index contributed by atoms with van der Waals surface area (Å²) in [6, 6.07) is 9.72. The standard InChI is InChI=1S/C15H19N3O/c1-3-13(14-16-9-10-17-14)18-15(19)11(2)12-7-5-4-6-8-12/h4-11,13H,3H2,1-2H3,(H,16,17)(H,18,19). The van der Waals surface area contributed by atoms with Crippen molar-refractivity contribution in [2.75, 3.05) is 0 Å². The summed E-state index contributed by atoms with van der Waals surface area (Å²) in [6.07, 6.45) is 4.27. The highest BCUT2D eigenvalue weighted by atomic mass is 16.1. The first-order valence-corrected chi connectivity index (χ1v) is 6.57. The van der Waals surface area contributed by atoms with Crippen LogP contribution in [0.25, 0.3) is 0 Å². The Kier molecular flexibility index (Phi) is 4.34. The van der Waals surface area contributed by atoms with Crippen molar-refractivity contribution in [3.05, 3.63) is 54.1 Å². The van der Waals surface area contributed by atoms with E-state index >= 15 is 0 Å². The van der Waals surface area contributed by atoms with Crippen LogP contribution in [0.2, 0.25) is 0 Å². The number of imidazole rings is 1. The number of carbonyl (C=O) groups excluding carboxylic acids is 1. The van der Waals surface area contributed by atoms with Crippen LogP contribution in [-0.2, 0) is 4.79 Å². The average molecular weight is 257 g/mol. The van der Waals surface area contributed by atoms with Crippen LogP contribution < -0.4 is 5.32 Å². The number of aromatic amines is 1. The van der Waals surface area contributed by atoms with Gasteiger partial charge in [0.2, 0.25) is 5.91 Å². The van der Waals surface area contributed by atoms with Crippen LogP contribution in [0.15, 0.2) is 42.7 Å². The Morgan fingerprint density at radius 3 is 2.68 bits per heavy atom. The maximum atomic E-state index is 12.3. The number of benzene rings is 1. The minimum absolute atomic E-state index is 0.0226. The van der Waals surface area contributed by atoms with Crippen LogP contribution in [0.5, 0.6) is 0 Å². The van der Waals surface area contributed by atoms with Gasteiger partial charge in [0.15, 0.2) is 0 Å². The number of carbonyl (C=O) groups is 1. The first kappa shape index (κ1) is 13.3. The van der Waals surface area contributed by atoms with Crippen molar-refractivity contribution in [2.24, 2.45) is 0 Å². The van der Waals surface area contributed by atoms with Crippen LogP contribution in [0.4, 0.5) is 0 Å². The van der Waals surface area contributed by atoms with Gasteiger partial charge in [0.25, 0.3) is 0 Å². The van der Waals surface area contributed by atoms with Gasteiger partial charge in [0, 0.05) is 12.4 Å². The molecular formula is C15H19N3O. The van der Waals surface area contributed by atoms with Crippen LogP contribution in [0.3, 0.4) is 0 Å². The Morgan fingerprint density at radius 1 is 1.37 bits per heavy atom. The molecule has 2 atom stereocenters. The van der Waals surface area contributed by atoms with Crippen LogP contribution in [0, 0.1) is 0 Å². The van der Waals surface area contributed by atoms with Crippen LogP contribution >= 0.6 is 0 Å². The van der Waals surface area contributed by atoms with Gasteiger partial charge in [-0.15, -0.1) is 0 Å². The van der Waals surface area contributed by atoms with Gasteiger partial charge < -0.3 is 10.3 Å². The zero-order chi connectivity index (χ0) is 13.7. The number of rotatable bonds is 5. The lowest BCUT2D eigenvalue weighted by Crippen LogP contribution is -2.32. The molecule has 0 aliphatic carbocycles. The summed E-state index contributed by atoms with van der Waals surface area (Å²) in [5.74, 6) is 0.663. The first-order chi connectivity index (χ1) is 9.22. The molecule has 1 aromatic carbocycles. The second-order valence-corrected chi connectivity index (χ2v) is 4.58. The molecule has 0 radical (unpaired) electrons. The molecule has 4 nitrogen and oxygen atoms in total. The van der Waals surface area contributed by atoms with Crippen molar-refractivity contribution in [1.82, 2.24) is 15.3 Å². The summed E-state index contributed by atoms with van der Waals surface area (Å²) in [7, 11) is 0. The summed E-state index contributed by atoms with van der Waals surface area (Å²) in [5, 5.41) is 3.03. The highest BCUT2D eigenvalue weighted by molar-refractivity contribution is 5.83. The van der Waals surface area contributed by atoms with E-state index in [1.807, 2.05) is 44.2 Å². The lowest BCUT2D eigenvalue weighted by atomic mass is 10.00. The molecule has 1 heterocycles. The average Bonchev–Trinajstić information content (AvgIpc) is 2.98. The van der Waals surface area contributed by atoms with E-state index < -0.39 is 0 Å². The number of hydrogen-bond donors (Lipinski definition) is 2. The minimum atomic E-state index is -0.162. The maximum Gasteiger partial charge on any atom is 0.227 e. The van der Waals surface area contributed by atoms with Gasteiger partial charge in [-0.3, -0.25) is 4.79 Å². The van der Waals surface area contributed by atoms with Gasteiger partial charge in [0.1, 0.15) is 5.82 Å². The van der Waals surface area contributed by atoms with Crippen molar-refractivity contribution < 1.29 is 4.79 Å². The van der Waals surface area contributed by atoms with Crippen LogP contribution in [-0.4, -0.2) is 15.9 Å². The molecule has 2 rings (SSSR count). The quantitative estimate of drug-likeness (QED) is 0.865. The van der Waals surface area contributed by atoms with E-state index in [0.717, 1.165) is 17.8 Å². The van der Waals surface area contributed by atoms with Gasteiger partial charge in [-0.05, 0) is 18.9 Å². The fraction of sp³-hybridized carbons (Fsp3) is 0.333. The Balaban J connectivity index is 2.04. The Bertz CT molecular complexity index is 507. The molecule has 1 amide bonds. The predicted octanol–water partition coefficient (Wildman–Crippen LogP) is 2.78. The topological polar surface area (TPSA) is 57.8 Å². The van der Waals surface area contributed by atoms with Crippen molar-refractivity contribution in [2.45, 2.75) is 32.2 Å². The third kappa shape index (κ3) is 3.22. The first-order valence-electron chi connectivity index (χ1n) is 6.57. The van der Waals surface area contributed by atoms with E-state index in [0.29, 0.717) is 0 Å². The summed E-state index contributed by atoms with van der Waals surface area (Å²) < 4.78 is 0. The Morgan fingerprint density at radius 2 is 2.11 bits per heavy atom. The smallest absolute Gasteiger partial charge is 0.227 e. The summed E-state index contributed by atoms with van der Waals surface area (Å²) in [6.45, 7) is 3.94. The molecule has 0 saturated carbocycles. The maximum absolute atomic E-state index is 12.3. The van der Waals surface area contributed by atoms with Gasteiger partial charge in [0.05, 0.1) is 12.0 Å². The van der Waals surface area contributed by atoms with E-state index in [1.165, 1.54) is 0 Å². The molecule has 0 saturated heterocycles. The highest BCUT2D eigenvalue weighted by Crippen LogP contribution is 2.18. The molecule has 2 unspecified atom stereocenters. The van der Waals surface area contributed by atoms with E-state index in [9.17, 15) is 4.79 Å². The third-order valence-corrected chi connectivity index (χ3v) is 3.27.